The summed E-state index contributed by atoms with van der Waals surface area (Å²) in [6.45, 7) is 6.26. The summed E-state index contributed by atoms with van der Waals surface area (Å²) in [4.78, 5) is 17.2. The monoisotopic (exact) mass is 440 g/mol. The maximum atomic E-state index is 12.9. The molecular weight excluding hydrogens is 421 g/mol. The number of Topliss-reactive ketones (excluding diaryl/α,β-unsaturated/α-hetero) is 1. The molecule has 31 heavy (non-hydrogen) atoms. The molecule has 0 aliphatic heterocycles. The highest BCUT2D eigenvalue weighted by atomic mass is 32.1. The predicted molar refractivity (Wildman–Crippen MR) is 116 cm³/mol. The number of nitriles is 1. The summed E-state index contributed by atoms with van der Waals surface area (Å²) in [7, 11) is 0. The number of nitrogens with zero attached hydrogens (tertiary/aromatic N) is 2. The molecule has 2 aromatic carbocycles. The van der Waals surface area contributed by atoms with E-state index in [9.17, 15) is 23.2 Å². The Morgan fingerprint density at radius 3 is 2.32 bits per heavy atom. The van der Waals surface area contributed by atoms with Gasteiger partial charge in [-0.2, -0.15) is 18.4 Å². The van der Waals surface area contributed by atoms with E-state index in [4.69, 9.17) is 0 Å². The zero-order valence-corrected chi connectivity index (χ0v) is 17.9. The van der Waals surface area contributed by atoms with Crippen molar-refractivity contribution in [3.8, 4) is 16.6 Å². The first-order valence-electron chi connectivity index (χ1n) is 9.39. The van der Waals surface area contributed by atoms with Gasteiger partial charge in [-0.25, -0.2) is 4.98 Å². The van der Waals surface area contributed by atoms with Gasteiger partial charge in [0.2, 0.25) is 5.78 Å². The van der Waals surface area contributed by atoms with Crippen LogP contribution in [0.4, 0.5) is 13.2 Å². The van der Waals surface area contributed by atoms with Crippen LogP contribution < -0.4 is 0 Å². The van der Waals surface area contributed by atoms with Crippen molar-refractivity contribution >= 4 is 23.2 Å². The molecule has 0 fully saturated rings. The number of benzene rings is 2. The lowest BCUT2D eigenvalue weighted by Crippen LogP contribution is -2.11. The van der Waals surface area contributed by atoms with Crippen molar-refractivity contribution < 1.29 is 18.0 Å². The Bertz CT molecular complexity index is 1180. The number of ketones is 1. The van der Waals surface area contributed by atoms with Crippen molar-refractivity contribution in [3.63, 3.8) is 0 Å². The van der Waals surface area contributed by atoms with Gasteiger partial charge in [0.15, 0.2) is 0 Å². The van der Waals surface area contributed by atoms with Crippen LogP contribution in [0.2, 0.25) is 0 Å². The lowest BCUT2D eigenvalue weighted by Gasteiger charge is -2.14. The molecule has 3 nitrogen and oxygen atoms in total. The normalized spacial score (nSPS) is 12.5. The molecule has 0 N–H and O–H groups in total. The highest BCUT2D eigenvalue weighted by Gasteiger charge is 2.31. The van der Waals surface area contributed by atoms with Crippen LogP contribution >= 0.6 is 11.3 Å². The van der Waals surface area contributed by atoms with Crippen molar-refractivity contribution in [2.24, 2.45) is 0 Å². The van der Waals surface area contributed by atoms with Gasteiger partial charge >= 0.3 is 6.18 Å². The van der Waals surface area contributed by atoms with Crippen LogP contribution in [0.1, 0.15) is 48.0 Å². The molecule has 0 saturated carbocycles. The van der Waals surface area contributed by atoms with E-state index in [1.165, 1.54) is 23.5 Å². The Balaban J connectivity index is 1.86. The smallest absolute Gasteiger partial charge is 0.288 e. The molecular formula is C24H19F3N2OS. The number of hydrogen-bond acceptors (Lipinski definition) is 4. The second-order valence-corrected chi connectivity index (χ2v) is 8.85. The van der Waals surface area contributed by atoms with Crippen LogP contribution in [0.5, 0.6) is 0 Å². The Kier molecular flexibility index (Phi) is 6.14. The van der Waals surface area contributed by atoms with E-state index in [1.807, 2.05) is 17.5 Å². The molecule has 0 aliphatic carbocycles. The Labute approximate surface area is 182 Å². The highest BCUT2D eigenvalue weighted by Crippen LogP contribution is 2.31. The Morgan fingerprint density at radius 1 is 1.10 bits per heavy atom. The molecule has 0 bridgehead atoms. The predicted octanol–water partition coefficient (Wildman–Crippen LogP) is 6.92. The number of alkyl halides is 3. The lowest BCUT2D eigenvalue weighted by molar-refractivity contribution is -0.137. The van der Waals surface area contributed by atoms with Crippen molar-refractivity contribution in [1.29, 1.82) is 5.26 Å². The molecule has 1 aromatic heterocycles. The molecule has 158 valence electrons. The van der Waals surface area contributed by atoms with Crippen LogP contribution in [-0.4, -0.2) is 10.8 Å². The highest BCUT2D eigenvalue weighted by molar-refractivity contribution is 7.13. The van der Waals surface area contributed by atoms with E-state index >= 15 is 0 Å². The quantitative estimate of drug-likeness (QED) is 0.251. The van der Waals surface area contributed by atoms with E-state index in [1.54, 1.807) is 18.2 Å². The summed E-state index contributed by atoms with van der Waals surface area (Å²) in [5.74, 6) is -0.757. The van der Waals surface area contributed by atoms with Crippen molar-refractivity contribution in [3.05, 3.63) is 81.9 Å². The molecule has 3 aromatic rings. The fourth-order valence-corrected chi connectivity index (χ4v) is 3.83. The fraction of sp³-hybridized carbons (Fsp3) is 0.208. The molecule has 0 aliphatic rings. The minimum atomic E-state index is -4.56. The van der Waals surface area contributed by atoms with Crippen molar-refractivity contribution in [2.75, 3.05) is 0 Å². The maximum Gasteiger partial charge on any atom is 0.416 e. The van der Waals surface area contributed by atoms with Gasteiger partial charge < -0.3 is 0 Å². The third-order valence-electron chi connectivity index (χ3n) is 4.56. The summed E-state index contributed by atoms with van der Waals surface area (Å²) in [5, 5.41) is 12.3. The first kappa shape index (κ1) is 22.4. The van der Waals surface area contributed by atoms with Gasteiger partial charge in [0.1, 0.15) is 16.6 Å². The van der Waals surface area contributed by atoms with E-state index in [-0.39, 0.29) is 16.6 Å². The van der Waals surface area contributed by atoms with E-state index in [0.717, 1.165) is 34.5 Å². The van der Waals surface area contributed by atoms with Gasteiger partial charge in [-0.1, -0.05) is 57.2 Å². The second kappa shape index (κ2) is 8.48. The van der Waals surface area contributed by atoms with Gasteiger partial charge in [-0.3, -0.25) is 4.79 Å². The molecule has 0 amide bonds. The second-order valence-electron chi connectivity index (χ2n) is 7.99. The third-order valence-corrected chi connectivity index (χ3v) is 5.45. The van der Waals surface area contributed by atoms with Gasteiger partial charge in [0.05, 0.1) is 11.3 Å². The standard InChI is InChI=1S/C24H19F3N2OS/c1-23(2,3)20-14-31-22(29-20)16-9-7-15(8-10-16)11-18(13-28)21(30)17-5-4-6-19(12-17)24(25,26)27/h4-12,14H,1-3H3. The van der Waals surface area contributed by atoms with Crippen LogP contribution in [0, 0.1) is 11.3 Å². The van der Waals surface area contributed by atoms with Crippen LogP contribution in [0.15, 0.2) is 59.5 Å². The molecule has 0 atom stereocenters. The average Bonchev–Trinajstić information content (AvgIpc) is 3.22. The average molecular weight is 440 g/mol. The van der Waals surface area contributed by atoms with Gasteiger partial charge in [-0.05, 0) is 23.8 Å². The summed E-state index contributed by atoms with van der Waals surface area (Å²) in [5.41, 5.74) is 1.08. The summed E-state index contributed by atoms with van der Waals surface area (Å²) >= 11 is 1.53. The number of halogens is 3. The zero-order chi connectivity index (χ0) is 22.8. The molecule has 1 heterocycles. The zero-order valence-electron chi connectivity index (χ0n) is 17.1. The van der Waals surface area contributed by atoms with Gasteiger partial charge in [0.25, 0.3) is 0 Å². The van der Waals surface area contributed by atoms with E-state index in [0.29, 0.717) is 5.56 Å². The summed E-state index contributed by atoms with van der Waals surface area (Å²) < 4.78 is 38.7. The molecule has 0 spiro atoms. The number of hydrogen-bond donors (Lipinski definition) is 0. The lowest BCUT2D eigenvalue weighted by atomic mass is 9.93. The molecule has 0 radical (unpaired) electrons. The number of carbonyl (C=O) groups excluding carboxylic acids is 1. The number of carbonyl (C=O) groups is 1. The van der Waals surface area contributed by atoms with Crippen LogP contribution in [0.25, 0.3) is 16.6 Å². The van der Waals surface area contributed by atoms with Gasteiger partial charge in [0, 0.05) is 21.9 Å². The molecule has 3 rings (SSSR count). The SMILES string of the molecule is CC(C)(C)c1csc(-c2ccc(C=C(C#N)C(=O)c3cccc(C(F)(F)F)c3)cc2)n1. The van der Waals surface area contributed by atoms with Crippen LogP contribution in [-0.2, 0) is 11.6 Å². The third kappa shape index (κ3) is 5.28. The number of thiazole rings is 1. The maximum absolute atomic E-state index is 12.9. The topological polar surface area (TPSA) is 53.8 Å². The van der Waals surface area contributed by atoms with Crippen LogP contribution in [0.3, 0.4) is 0 Å². The van der Waals surface area contributed by atoms with Gasteiger partial charge in [-0.15, -0.1) is 11.3 Å². The number of rotatable bonds is 4. The fourth-order valence-electron chi connectivity index (χ4n) is 2.78. The largest absolute Gasteiger partial charge is 0.416 e. The van der Waals surface area contributed by atoms with E-state index in [2.05, 4.69) is 25.8 Å². The Hall–Kier alpha value is -3.24. The minimum Gasteiger partial charge on any atom is -0.288 e. The first-order chi connectivity index (χ1) is 14.5. The van der Waals surface area contributed by atoms with Crippen molar-refractivity contribution in [2.45, 2.75) is 32.4 Å². The summed E-state index contributed by atoms with van der Waals surface area (Å²) in [6, 6.07) is 13.0. The van der Waals surface area contributed by atoms with Crippen molar-refractivity contribution in [1.82, 2.24) is 4.98 Å². The molecule has 7 heteroatoms. The molecule has 0 saturated heterocycles. The number of allylic oxidation sites excluding steroid dienone is 1. The first-order valence-corrected chi connectivity index (χ1v) is 10.3. The van der Waals surface area contributed by atoms with E-state index < -0.39 is 17.5 Å². The minimum absolute atomic E-state index is 0.0527. The number of aromatic nitrogens is 1. The Morgan fingerprint density at radius 2 is 1.77 bits per heavy atom. The molecule has 0 unspecified atom stereocenters. The summed E-state index contributed by atoms with van der Waals surface area (Å²) in [6.07, 6.45) is -3.19.